The Morgan fingerprint density at radius 2 is 2.16 bits per heavy atom. The van der Waals surface area contributed by atoms with Gasteiger partial charge in [-0.25, -0.2) is 0 Å². The maximum atomic E-state index is 11.7. The van der Waals surface area contributed by atoms with Crippen LogP contribution in [0.3, 0.4) is 0 Å². The zero-order chi connectivity index (χ0) is 14.1. The normalized spacial score (nSPS) is 11.8. The van der Waals surface area contributed by atoms with Gasteiger partial charge in [0.05, 0.1) is 11.6 Å². The Morgan fingerprint density at radius 1 is 1.47 bits per heavy atom. The zero-order valence-electron chi connectivity index (χ0n) is 11.2. The van der Waals surface area contributed by atoms with Crippen LogP contribution in [0.1, 0.15) is 25.8 Å². The van der Waals surface area contributed by atoms with Crippen molar-refractivity contribution >= 4 is 5.91 Å². The maximum Gasteiger partial charge on any atom is 0.260 e. The zero-order valence-corrected chi connectivity index (χ0v) is 11.2. The third-order valence-corrected chi connectivity index (χ3v) is 2.51. The molecule has 0 spiro atoms. The van der Waals surface area contributed by atoms with Gasteiger partial charge in [0.15, 0.2) is 6.10 Å². The molecule has 1 unspecified atom stereocenters. The number of ether oxygens (including phenoxy) is 1. The van der Waals surface area contributed by atoms with Crippen LogP contribution < -0.4 is 10.1 Å². The number of benzene rings is 1. The number of nitrogens with zero attached hydrogens (tertiary/aromatic N) is 1. The van der Waals surface area contributed by atoms with E-state index in [1.54, 1.807) is 31.2 Å². The molecule has 1 aromatic rings. The molecule has 0 saturated carbocycles. The first-order valence-electron chi connectivity index (χ1n) is 6.23. The van der Waals surface area contributed by atoms with Gasteiger partial charge >= 0.3 is 0 Å². The smallest absolute Gasteiger partial charge is 0.260 e. The number of amides is 1. The quantitative estimate of drug-likeness (QED) is 0.629. The Labute approximate surface area is 113 Å². The fourth-order valence-corrected chi connectivity index (χ4v) is 1.45. The van der Waals surface area contributed by atoms with Crippen molar-refractivity contribution in [3.8, 4) is 11.8 Å². The van der Waals surface area contributed by atoms with Crippen LogP contribution in [0, 0.1) is 11.3 Å². The first kappa shape index (κ1) is 14.8. The van der Waals surface area contributed by atoms with E-state index in [0.29, 0.717) is 17.9 Å². The molecule has 0 saturated heterocycles. The molecule has 1 amide bonds. The minimum Gasteiger partial charge on any atom is -0.481 e. The molecule has 0 fully saturated rings. The lowest BCUT2D eigenvalue weighted by Gasteiger charge is -2.14. The Kier molecular flexibility index (Phi) is 6.17. The van der Waals surface area contributed by atoms with E-state index < -0.39 is 6.10 Å². The van der Waals surface area contributed by atoms with Crippen LogP contribution in [0.15, 0.2) is 36.4 Å². The summed E-state index contributed by atoms with van der Waals surface area (Å²) in [5.41, 5.74) is 0.566. The highest BCUT2D eigenvalue weighted by atomic mass is 16.5. The Balaban J connectivity index is 2.42. The van der Waals surface area contributed by atoms with Crippen LogP contribution in [0.2, 0.25) is 0 Å². The summed E-state index contributed by atoms with van der Waals surface area (Å²) in [7, 11) is 0. The minimum atomic E-state index is -0.557. The van der Waals surface area contributed by atoms with Crippen LogP contribution in [-0.4, -0.2) is 18.6 Å². The molecule has 1 aromatic carbocycles. The maximum absolute atomic E-state index is 11.7. The highest BCUT2D eigenvalue weighted by Crippen LogP contribution is 2.13. The summed E-state index contributed by atoms with van der Waals surface area (Å²) in [5, 5.41) is 11.5. The van der Waals surface area contributed by atoms with E-state index in [-0.39, 0.29) is 5.91 Å². The first-order valence-corrected chi connectivity index (χ1v) is 6.23. The fraction of sp³-hybridized carbons (Fsp3) is 0.333. The average molecular weight is 258 g/mol. The topological polar surface area (TPSA) is 62.1 Å². The summed E-state index contributed by atoms with van der Waals surface area (Å²) in [6, 6.07) is 8.71. The molecule has 1 rings (SSSR count). The SMILES string of the molecule is C/C=C/CCNC(=O)C(C)Oc1ccc(C#N)cc1. The molecule has 0 heterocycles. The van der Waals surface area contributed by atoms with Crippen molar-refractivity contribution in [1.29, 1.82) is 5.26 Å². The van der Waals surface area contributed by atoms with Gasteiger partial charge in [-0.3, -0.25) is 4.79 Å². The number of carbonyl (C=O) groups excluding carboxylic acids is 1. The second-order valence-corrected chi connectivity index (χ2v) is 4.04. The molecule has 1 N–H and O–H groups in total. The molecule has 0 aliphatic heterocycles. The van der Waals surface area contributed by atoms with Crippen LogP contribution in [0.25, 0.3) is 0 Å². The number of rotatable bonds is 6. The van der Waals surface area contributed by atoms with Crippen molar-refractivity contribution in [2.75, 3.05) is 6.54 Å². The van der Waals surface area contributed by atoms with Crippen LogP contribution in [0.4, 0.5) is 0 Å². The van der Waals surface area contributed by atoms with Gasteiger partial charge in [-0.05, 0) is 44.5 Å². The van der Waals surface area contributed by atoms with Crippen molar-refractivity contribution in [1.82, 2.24) is 5.32 Å². The van der Waals surface area contributed by atoms with E-state index in [1.165, 1.54) is 0 Å². The minimum absolute atomic E-state index is 0.145. The van der Waals surface area contributed by atoms with Gasteiger partial charge in [-0.2, -0.15) is 5.26 Å². The molecule has 0 radical (unpaired) electrons. The molecule has 4 heteroatoms. The van der Waals surface area contributed by atoms with E-state index in [0.717, 1.165) is 6.42 Å². The van der Waals surface area contributed by atoms with E-state index in [4.69, 9.17) is 10.00 Å². The summed E-state index contributed by atoms with van der Waals surface area (Å²) >= 11 is 0. The van der Waals surface area contributed by atoms with Gasteiger partial charge in [0, 0.05) is 6.54 Å². The lowest BCUT2D eigenvalue weighted by Crippen LogP contribution is -2.36. The monoisotopic (exact) mass is 258 g/mol. The Hall–Kier alpha value is -2.28. The number of hydrogen-bond donors (Lipinski definition) is 1. The van der Waals surface area contributed by atoms with Gasteiger partial charge in [-0.1, -0.05) is 12.2 Å². The van der Waals surface area contributed by atoms with Gasteiger partial charge in [0.1, 0.15) is 5.75 Å². The summed E-state index contributed by atoms with van der Waals surface area (Å²) in [4.78, 5) is 11.7. The molecule has 0 aliphatic carbocycles. The largest absolute Gasteiger partial charge is 0.481 e. The van der Waals surface area contributed by atoms with Crippen molar-refractivity contribution in [2.24, 2.45) is 0 Å². The summed E-state index contributed by atoms with van der Waals surface area (Å²) in [6.45, 7) is 4.24. The van der Waals surface area contributed by atoms with Gasteiger partial charge < -0.3 is 10.1 Å². The molecule has 0 aliphatic rings. The van der Waals surface area contributed by atoms with Crippen molar-refractivity contribution < 1.29 is 9.53 Å². The Morgan fingerprint density at radius 3 is 2.74 bits per heavy atom. The number of allylic oxidation sites excluding steroid dienone is 1. The highest BCUT2D eigenvalue weighted by Gasteiger charge is 2.13. The van der Waals surface area contributed by atoms with Crippen molar-refractivity contribution in [2.45, 2.75) is 26.4 Å². The van der Waals surface area contributed by atoms with Gasteiger partial charge in [0.2, 0.25) is 0 Å². The lowest BCUT2D eigenvalue weighted by atomic mass is 10.2. The molecule has 100 valence electrons. The fourth-order valence-electron chi connectivity index (χ4n) is 1.45. The third kappa shape index (κ3) is 5.26. The van der Waals surface area contributed by atoms with Crippen molar-refractivity contribution in [3.05, 3.63) is 42.0 Å². The number of nitriles is 1. The molecular weight excluding hydrogens is 240 g/mol. The van der Waals surface area contributed by atoms with E-state index in [1.807, 2.05) is 25.1 Å². The van der Waals surface area contributed by atoms with Crippen LogP contribution in [-0.2, 0) is 4.79 Å². The van der Waals surface area contributed by atoms with Gasteiger partial charge in [-0.15, -0.1) is 0 Å². The molecule has 4 nitrogen and oxygen atoms in total. The number of hydrogen-bond acceptors (Lipinski definition) is 3. The lowest BCUT2D eigenvalue weighted by molar-refractivity contribution is -0.127. The van der Waals surface area contributed by atoms with Gasteiger partial charge in [0.25, 0.3) is 5.91 Å². The van der Waals surface area contributed by atoms with Crippen molar-refractivity contribution in [3.63, 3.8) is 0 Å². The molecule has 1 atom stereocenters. The van der Waals surface area contributed by atoms with E-state index in [9.17, 15) is 4.79 Å². The van der Waals surface area contributed by atoms with Crippen LogP contribution >= 0.6 is 0 Å². The number of nitrogens with one attached hydrogen (secondary N) is 1. The molecule has 19 heavy (non-hydrogen) atoms. The summed E-state index contributed by atoms with van der Waals surface area (Å²) < 4.78 is 5.49. The predicted octanol–water partition coefficient (Wildman–Crippen LogP) is 2.41. The average Bonchev–Trinajstić information content (AvgIpc) is 2.44. The second kappa shape index (κ2) is 7.93. The predicted molar refractivity (Wildman–Crippen MR) is 73.7 cm³/mol. The summed E-state index contributed by atoms with van der Waals surface area (Å²) in [5.74, 6) is 0.434. The van der Waals surface area contributed by atoms with E-state index in [2.05, 4.69) is 5.32 Å². The van der Waals surface area contributed by atoms with Crippen LogP contribution in [0.5, 0.6) is 5.75 Å². The molecule has 0 aromatic heterocycles. The number of carbonyl (C=O) groups is 1. The standard InChI is InChI=1S/C15H18N2O2/c1-3-4-5-10-17-15(18)12(2)19-14-8-6-13(11-16)7-9-14/h3-4,6-9,12H,5,10H2,1-2H3,(H,17,18)/b4-3+. The first-order chi connectivity index (χ1) is 9.17. The third-order valence-electron chi connectivity index (χ3n) is 2.51. The second-order valence-electron chi connectivity index (χ2n) is 4.04. The molecule has 0 bridgehead atoms. The Bertz CT molecular complexity index is 472. The molecular formula is C15H18N2O2. The summed E-state index contributed by atoms with van der Waals surface area (Å²) in [6.07, 6.45) is 4.19. The highest BCUT2D eigenvalue weighted by molar-refractivity contribution is 5.80. The van der Waals surface area contributed by atoms with E-state index >= 15 is 0 Å².